The summed E-state index contributed by atoms with van der Waals surface area (Å²) < 4.78 is 33.5. The molecule has 2 amide bonds. The molecule has 3 heterocycles. The van der Waals surface area contributed by atoms with Crippen LogP contribution in [0.25, 0.3) is 0 Å². The summed E-state index contributed by atoms with van der Waals surface area (Å²) in [6, 6.07) is -1.54. The first-order valence-electron chi connectivity index (χ1n) is 24.0. The molecule has 0 unspecified atom stereocenters. The second-order valence-electron chi connectivity index (χ2n) is 17.9. The monoisotopic (exact) mass is 1000 g/mol. The van der Waals surface area contributed by atoms with Gasteiger partial charge in [-0.15, -0.1) is 0 Å². The largest absolute Gasteiger partial charge is 0.394 e. The third-order valence-corrected chi connectivity index (χ3v) is 12.6. The number of unbranched alkanes of at least 4 members (excludes halogenated alkanes) is 4. The smallest absolute Gasteiger partial charge is 0.237 e. The molecular formula is C44H80N4O21. The molecular weight excluding hydrogens is 920 g/mol. The Morgan fingerprint density at radius 1 is 0.594 bits per heavy atom. The molecule has 0 aromatic carbocycles. The average Bonchev–Trinajstić information content (AvgIpc) is 3.32. The number of ether oxygens (including phenoxy) is 6. The zero-order valence-corrected chi connectivity index (χ0v) is 39.7. The summed E-state index contributed by atoms with van der Waals surface area (Å²) >= 11 is 0. The van der Waals surface area contributed by atoms with E-state index in [1.165, 1.54) is 13.8 Å². The predicted molar refractivity (Wildman–Crippen MR) is 238 cm³/mol. The highest BCUT2D eigenvalue weighted by Gasteiger charge is 2.46. The second-order valence-corrected chi connectivity index (χ2v) is 17.9. The zero-order chi connectivity index (χ0) is 51.2. The summed E-state index contributed by atoms with van der Waals surface area (Å²) in [5, 5.41) is 118. The van der Waals surface area contributed by atoms with E-state index in [2.05, 4.69) is 10.6 Å². The number of rotatable bonds is 33. The first-order valence-corrected chi connectivity index (χ1v) is 24.0. The van der Waals surface area contributed by atoms with E-state index in [1.807, 2.05) is 0 Å². The number of hydrogen-bond donors (Lipinski definition) is 14. The Bertz CT molecular complexity index is 1460. The van der Waals surface area contributed by atoms with Crippen LogP contribution in [0.2, 0.25) is 0 Å². The number of amides is 2. The van der Waals surface area contributed by atoms with Gasteiger partial charge in [-0.25, -0.2) is 0 Å². The lowest BCUT2D eigenvalue weighted by Crippen LogP contribution is -2.59. The number of aliphatic hydroxyl groups excluding tert-OH is 11. The van der Waals surface area contributed by atoms with Gasteiger partial charge in [0.2, 0.25) is 11.8 Å². The normalized spacial score (nSPS) is 32.7. The maximum Gasteiger partial charge on any atom is 0.237 e. The number of hydrogen-bond acceptors (Lipinski definition) is 23. The van der Waals surface area contributed by atoms with Crippen LogP contribution in [0.3, 0.4) is 0 Å². The maximum atomic E-state index is 14.1. The van der Waals surface area contributed by atoms with E-state index in [0.717, 1.165) is 6.42 Å². The minimum absolute atomic E-state index is 0.00565. The molecule has 0 radical (unpaired) electrons. The predicted octanol–water partition coefficient (Wildman–Crippen LogP) is -5.47. The first kappa shape index (κ1) is 60.8. The van der Waals surface area contributed by atoms with Gasteiger partial charge < -0.3 is 101 Å². The van der Waals surface area contributed by atoms with Gasteiger partial charge in [0, 0.05) is 38.9 Å². The molecule has 17 atom stereocenters. The Kier molecular flexibility index (Phi) is 28.1. The number of aliphatic hydroxyl groups is 11. The Morgan fingerprint density at radius 3 is 1.59 bits per heavy atom. The highest BCUT2D eigenvalue weighted by molar-refractivity contribution is 5.87. The van der Waals surface area contributed by atoms with Gasteiger partial charge in [-0.05, 0) is 65.3 Å². The number of nitrogens with two attached hydrogens (primary N) is 1. The number of Topliss-reactive ketones (excluding diaryl/α,β-unsaturated/α-hetero) is 2. The van der Waals surface area contributed by atoms with E-state index >= 15 is 0 Å². The fourth-order valence-electron chi connectivity index (χ4n) is 8.21. The summed E-state index contributed by atoms with van der Waals surface area (Å²) in [5.74, 6) is -0.927. The van der Waals surface area contributed by atoms with Crippen LogP contribution in [-0.4, -0.2) is 248 Å². The Morgan fingerprint density at radius 2 is 1.07 bits per heavy atom. The van der Waals surface area contributed by atoms with Crippen molar-refractivity contribution in [2.75, 3.05) is 59.2 Å². The third kappa shape index (κ3) is 19.5. The molecule has 0 spiro atoms. The van der Waals surface area contributed by atoms with E-state index in [-0.39, 0.29) is 82.6 Å². The van der Waals surface area contributed by atoms with E-state index in [9.17, 15) is 75.3 Å². The van der Waals surface area contributed by atoms with Gasteiger partial charge in [0.15, 0.2) is 24.7 Å². The van der Waals surface area contributed by atoms with Crippen molar-refractivity contribution in [1.29, 1.82) is 0 Å². The minimum atomic E-state index is -1.72. The molecule has 3 aliphatic rings. The highest BCUT2D eigenvalue weighted by atomic mass is 16.7. The lowest BCUT2D eigenvalue weighted by molar-refractivity contribution is -0.303. The van der Waals surface area contributed by atoms with Gasteiger partial charge in [-0.2, -0.15) is 0 Å². The Hall–Kier alpha value is -2.48. The first-order chi connectivity index (χ1) is 32.9. The van der Waals surface area contributed by atoms with E-state index < -0.39 is 123 Å². The molecule has 15 N–H and O–H groups in total. The summed E-state index contributed by atoms with van der Waals surface area (Å²) in [7, 11) is 0. The van der Waals surface area contributed by atoms with E-state index in [0.29, 0.717) is 51.5 Å². The standard InChI is InChI=1S/C44H80N4O21/c1-24(51)27(12-8-9-15-45)47-31(53)14-7-6-11-26(52)10-4-3-5-13-28(41(63)46-16-19-64-42-38(60)35(57)32(54)25(2)67-42)48(17-20-65-43-39(61)36(58)33(55)29(22-49)68-43)18-21-66-44-40(62)37(59)34(56)30(23-50)69-44/h25,27-30,32-40,42-44,49-50,54-62H,3-23,45H2,1-2H3,(H,46,63)(H,47,53)/t25-,27-,28-,29+,30+,32+,33+,34+,35+,36-,37-,38-,39-,40-,42+,43-,44-/m0/s1. The number of ketones is 2. The molecule has 3 fully saturated rings. The summed E-state index contributed by atoms with van der Waals surface area (Å²) in [4.78, 5) is 52.9. The van der Waals surface area contributed by atoms with Crippen molar-refractivity contribution in [1.82, 2.24) is 15.5 Å². The Balaban J connectivity index is 1.67. The van der Waals surface area contributed by atoms with Crippen LogP contribution in [0, 0.1) is 0 Å². The molecule has 0 bridgehead atoms. The lowest BCUT2D eigenvalue weighted by Gasteiger charge is -2.40. The molecule has 25 heteroatoms. The van der Waals surface area contributed by atoms with Gasteiger partial charge in [0.25, 0.3) is 0 Å². The number of nitrogens with one attached hydrogen (secondary N) is 2. The van der Waals surface area contributed by atoms with Crippen molar-refractivity contribution in [2.24, 2.45) is 5.73 Å². The summed E-state index contributed by atoms with van der Waals surface area (Å²) in [6.07, 6.45) is -17.1. The van der Waals surface area contributed by atoms with Crippen LogP contribution in [0.5, 0.6) is 0 Å². The van der Waals surface area contributed by atoms with Crippen molar-refractivity contribution in [2.45, 2.75) is 195 Å². The Labute approximate surface area is 402 Å². The molecule has 3 aliphatic heterocycles. The van der Waals surface area contributed by atoms with Crippen LogP contribution < -0.4 is 16.4 Å². The van der Waals surface area contributed by atoms with Gasteiger partial charge in [-0.1, -0.05) is 12.8 Å². The molecule has 3 rings (SSSR count). The fraction of sp³-hybridized carbons (Fsp3) is 0.909. The SMILES string of the molecule is CC(=O)[C@H](CCCCN)NC(=O)CCCCC(=O)CCCCC[C@@H](C(=O)NCCO[C@@H]1O[C@@H](C)[C@@H](O)[C@@H](O)[C@@H]1O)N(CCO[C@H]1O[C@H](CO)[C@@H](O)[C@H](O)[C@@H]1O)CCO[C@H]1O[C@H](CO)[C@@H](O)[C@H](O)[C@@H]1O. The molecule has 3 saturated heterocycles. The molecule has 25 nitrogen and oxygen atoms in total. The zero-order valence-electron chi connectivity index (χ0n) is 39.7. The maximum absolute atomic E-state index is 14.1. The van der Waals surface area contributed by atoms with Crippen molar-refractivity contribution >= 4 is 23.4 Å². The molecule has 69 heavy (non-hydrogen) atoms. The van der Waals surface area contributed by atoms with Crippen LogP contribution in [-0.2, 0) is 47.6 Å². The molecule has 402 valence electrons. The van der Waals surface area contributed by atoms with Gasteiger partial charge >= 0.3 is 0 Å². The molecule has 0 aliphatic carbocycles. The number of carbonyl (C=O) groups is 4. The van der Waals surface area contributed by atoms with Crippen molar-refractivity contribution < 1.29 is 104 Å². The third-order valence-electron chi connectivity index (χ3n) is 12.6. The molecule has 0 saturated carbocycles. The molecule has 0 aromatic heterocycles. The molecule has 0 aromatic rings. The second kappa shape index (κ2) is 31.9. The van der Waals surface area contributed by atoms with E-state index in [4.69, 9.17) is 34.2 Å². The fourth-order valence-corrected chi connectivity index (χ4v) is 8.21. The number of carbonyl (C=O) groups excluding carboxylic acids is 4. The van der Waals surface area contributed by atoms with Crippen molar-refractivity contribution in [3.63, 3.8) is 0 Å². The van der Waals surface area contributed by atoms with Crippen LogP contribution in [0.15, 0.2) is 0 Å². The average molecular weight is 1000 g/mol. The van der Waals surface area contributed by atoms with Crippen LogP contribution in [0.4, 0.5) is 0 Å². The van der Waals surface area contributed by atoms with Crippen molar-refractivity contribution in [3.8, 4) is 0 Å². The van der Waals surface area contributed by atoms with E-state index in [1.54, 1.807) is 4.90 Å². The summed E-state index contributed by atoms with van der Waals surface area (Å²) in [5.41, 5.74) is 5.53. The highest BCUT2D eigenvalue weighted by Crippen LogP contribution is 2.25. The number of nitrogens with zero attached hydrogens (tertiary/aromatic N) is 1. The topological polar surface area (TPSA) is 400 Å². The van der Waals surface area contributed by atoms with Gasteiger partial charge in [0.05, 0.1) is 51.2 Å². The quantitative estimate of drug-likeness (QED) is 0.0273. The summed E-state index contributed by atoms with van der Waals surface area (Å²) in [6.45, 7) is 1.01. The minimum Gasteiger partial charge on any atom is -0.394 e. The van der Waals surface area contributed by atoms with Gasteiger partial charge in [-0.3, -0.25) is 24.1 Å². The van der Waals surface area contributed by atoms with Crippen molar-refractivity contribution in [3.05, 3.63) is 0 Å². The lowest BCUT2D eigenvalue weighted by atomic mass is 9.99. The van der Waals surface area contributed by atoms with Gasteiger partial charge in [0.1, 0.15) is 72.9 Å². The van der Waals surface area contributed by atoms with Crippen LogP contribution >= 0.6 is 0 Å². The van der Waals surface area contributed by atoms with Crippen LogP contribution in [0.1, 0.15) is 90.9 Å².